The van der Waals surface area contributed by atoms with Crippen molar-refractivity contribution in [2.24, 2.45) is 0 Å². The molecule has 2 heterocycles. The third-order valence-electron chi connectivity index (χ3n) is 3.91. The molecule has 0 radical (unpaired) electrons. The van der Waals surface area contributed by atoms with Gasteiger partial charge in [0.05, 0.1) is 18.8 Å². The highest BCUT2D eigenvalue weighted by Crippen LogP contribution is 2.30. The molecule has 0 spiro atoms. The Morgan fingerprint density at radius 1 is 1.15 bits per heavy atom. The smallest absolute Gasteiger partial charge is 0.342 e. The van der Waals surface area contributed by atoms with Crippen LogP contribution < -0.4 is 9.47 Å². The van der Waals surface area contributed by atoms with E-state index in [0.29, 0.717) is 41.5 Å². The fourth-order valence-electron chi connectivity index (χ4n) is 2.66. The van der Waals surface area contributed by atoms with E-state index in [9.17, 15) is 9.59 Å². The van der Waals surface area contributed by atoms with Crippen LogP contribution in [0.1, 0.15) is 38.4 Å². The maximum Gasteiger partial charge on any atom is 0.342 e. The molecule has 0 saturated heterocycles. The summed E-state index contributed by atoms with van der Waals surface area (Å²) in [6, 6.07) is 6.63. The highest BCUT2D eigenvalue weighted by atomic mass is 35.5. The predicted octanol–water partition coefficient (Wildman–Crippen LogP) is 3.55. The van der Waals surface area contributed by atoms with Gasteiger partial charge >= 0.3 is 5.97 Å². The maximum atomic E-state index is 12.4. The molecule has 1 aromatic carbocycles. The molecule has 0 bridgehead atoms. The largest absolute Gasteiger partial charge is 0.490 e. The third-order valence-corrected chi connectivity index (χ3v) is 4.18. The van der Waals surface area contributed by atoms with E-state index >= 15 is 0 Å². The number of aromatic nitrogens is 1. The highest BCUT2D eigenvalue weighted by Gasteiger charge is 2.20. The molecular weight excluding hydrogens is 358 g/mol. The van der Waals surface area contributed by atoms with E-state index in [1.807, 2.05) is 0 Å². The number of fused-ring (bicyclic) bond motifs is 1. The van der Waals surface area contributed by atoms with Gasteiger partial charge in [-0.25, -0.2) is 9.78 Å². The number of nitrogens with zero attached hydrogens (tertiary/aromatic N) is 1. The Balaban J connectivity index is 1.69. The fourth-order valence-corrected chi connectivity index (χ4v) is 3.02. The van der Waals surface area contributed by atoms with Crippen LogP contribution >= 0.6 is 11.6 Å². The first-order valence-corrected chi connectivity index (χ1v) is 8.57. The second kappa shape index (κ2) is 7.74. The average molecular weight is 376 g/mol. The number of benzene rings is 1. The van der Waals surface area contributed by atoms with Gasteiger partial charge < -0.3 is 14.2 Å². The number of pyridine rings is 1. The molecule has 0 aliphatic carbocycles. The number of hydrogen-bond donors (Lipinski definition) is 0. The maximum absolute atomic E-state index is 12.4. The van der Waals surface area contributed by atoms with E-state index in [4.69, 9.17) is 25.8 Å². The molecule has 3 rings (SSSR count). The van der Waals surface area contributed by atoms with E-state index in [0.717, 1.165) is 6.42 Å². The Kier molecular flexibility index (Phi) is 5.42. The molecule has 1 aromatic heterocycles. The van der Waals surface area contributed by atoms with Gasteiger partial charge in [0.15, 0.2) is 23.9 Å². The SMILES string of the molecule is Cc1cc(C)c(C(=O)OCC(=O)c2ccc3c(c2)OCCCO3)c(Cl)n1. The van der Waals surface area contributed by atoms with Crippen LogP contribution in [0.15, 0.2) is 24.3 Å². The number of carbonyl (C=O) groups excluding carboxylic acids is 2. The number of ketones is 1. The van der Waals surface area contributed by atoms with Crippen LogP contribution in [0, 0.1) is 13.8 Å². The van der Waals surface area contributed by atoms with Crippen LogP contribution in [-0.4, -0.2) is 36.6 Å². The highest BCUT2D eigenvalue weighted by molar-refractivity contribution is 6.32. The van der Waals surface area contributed by atoms with Crippen molar-refractivity contribution in [2.75, 3.05) is 19.8 Å². The minimum atomic E-state index is -0.678. The lowest BCUT2D eigenvalue weighted by Crippen LogP contribution is -2.16. The number of ether oxygens (including phenoxy) is 3. The Morgan fingerprint density at radius 2 is 1.88 bits per heavy atom. The number of rotatable bonds is 4. The predicted molar refractivity (Wildman–Crippen MR) is 95.4 cm³/mol. The van der Waals surface area contributed by atoms with Gasteiger partial charge in [0, 0.05) is 17.7 Å². The van der Waals surface area contributed by atoms with Crippen molar-refractivity contribution >= 4 is 23.4 Å². The molecule has 26 heavy (non-hydrogen) atoms. The van der Waals surface area contributed by atoms with Crippen molar-refractivity contribution < 1.29 is 23.8 Å². The Bertz CT molecular complexity index is 842. The molecule has 0 amide bonds. The Morgan fingerprint density at radius 3 is 2.62 bits per heavy atom. The second-order valence-electron chi connectivity index (χ2n) is 5.96. The van der Waals surface area contributed by atoms with Crippen LogP contribution in [0.5, 0.6) is 11.5 Å². The van der Waals surface area contributed by atoms with E-state index in [2.05, 4.69) is 4.98 Å². The molecule has 0 saturated carbocycles. The number of halogens is 1. The third kappa shape index (κ3) is 3.96. The quantitative estimate of drug-likeness (QED) is 0.462. The molecule has 0 atom stereocenters. The van der Waals surface area contributed by atoms with Crippen LogP contribution in [0.2, 0.25) is 5.15 Å². The first-order chi connectivity index (χ1) is 12.5. The van der Waals surface area contributed by atoms with Gasteiger partial charge in [-0.1, -0.05) is 11.6 Å². The summed E-state index contributed by atoms with van der Waals surface area (Å²) in [6.07, 6.45) is 0.778. The van der Waals surface area contributed by atoms with Gasteiger partial charge in [-0.05, 0) is 43.7 Å². The lowest BCUT2D eigenvalue weighted by molar-refractivity contribution is 0.0473. The van der Waals surface area contributed by atoms with Crippen molar-refractivity contribution in [3.63, 3.8) is 0 Å². The minimum absolute atomic E-state index is 0.0653. The van der Waals surface area contributed by atoms with Gasteiger partial charge in [0.1, 0.15) is 5.15 Å². The summed E-state index contributed by atoms with van der Waals surface area (Å²) in [5.41, 5.74) is 1.90. The summed E-state index contributed by atoms with van der Waals surface area (Å²) in [5, 5.41) is 0.0653. The van der Waals surface area contributed by atoms with Crippen LogP contribution in [0.25, 0.3) is 0 Å². The summed E-state index contributed by atoms with van der Waals surface area (Å²) >= 11 is 6.03. The lowest BCUT2D eigenvalue weighted by atomic mass is 10.1. The zero-order valence-electron chi connectivity index (χ0n) is 14.5. The van der Waals surface area contributed by atoms with E-state index in [1.165, 1.54) is 0 Å². The molecule has 7 heteroatoms. The molecule has 1 aliphatic heterocycles. The molecule has 0 fully saturated rings. The second-order valence-corrected chi connectivity index (χ2v) is 6.32. The molecule has 6 nitrogen and oxygen atoms in total. The molecule has 136 valence electrons. The number of carbonyl (C=O) groups is 2. The number of aryl methyl sites for hydroxylation is 2. The van der Waals surface area contributed by atoms with E-state index in [-0.39, 0.29) is 16.5 Å². The molecule has 1 aliphatic rings. The molecular formula is C19H18ClNO5. The average Bonchev–Trinajstić information content (AvgIpc) is 2.83. The molecule has 2 aromatic rings. The number of esters is 1. The van der Waals surface area contributed by atoms with Crippen molar-refractivity contribution in [3.05, 3.63) is 51.8 Å². The first kappa shape index (κ1) is 18.2. The molecule has 0 N–H and O–H groups in total. The fraction of sp³-hybridized carbons (Fsp3) is 0.316. The first-order valence-electron chi connectivity index (χ1n) is 8.19. The summed E-state index contributed by atoms with van der Waals surface area (Å²) in [6.45, 7) is 4.22. The van der Waals surface area contributed by atoms with Gasteiger partial charge in [-0.3, -0.25) is 4.79 Å². The van der Waals surface area contributed by atoms with Crippen LogP contribution in [0.3, 0.4) is 0 Å². The standard InChI is InChI=1S/C19H18ClNO5/c1-11-8-12(2)21-18(20)17(11)19(23)26-10-14(22)13-4-5-15-16(9-13)25-7-3-6-24-15/h4-5,8-9H,3,6-7,10H2,1-2H3. The minimum Gasteiger partial charge on any atom is -0.490 e. The zero-order chi connectivity index (χ0) is 18.7. The monoisotopic (exact) mass is 375 g/mol. The van der Waals surface area contributed by atoms with Crippen molar-refractivity contribution in [2.45, 2.75) is 20.3 Å². The summed E-state index contributed by atoms with van der Waals surface area (Å²) in [5.74, 6) is 0.0935. The summed E-state index contributed by atoms with van der Waals surface area (Å²) < 4.78 is 16.2. The normalized spacial score (nSPS) is 13.0. The van der Waals surface area contributed by atoms with Gasteiger partial charge in [0.25, 0.3) is 0 Å². The Labute approximate surface area is 156 Å². The van der Waals surface area contributed by atoms with E-state index < -0.39 is 12.6 Å². The van der Waals surface area contributed by atoms with E-state index in [1.54, 1.807) is 38.1 Å². The lowest BCUT2D eigenvalue weighted by Gasteiger charge is -2.10. The summed E-state index contributed by atoms with van der Waals surface area (Å²) in [7, 11) is 0. The Hall–Kier alpha value is -2.60. The van der Waals surface area contributed by atoms with Crippen molar-refractivity contribution in [1.29, 1.82) is 0 Å². The topological polar surface area (TPSA) is 74.7 Å². The van der Waals surface area contributed by atoms with Gasteiger partial charge in [-0.15, -0.1) is 0 Å². The van der Waals surface area contributed by atoms with Crippen molar-refractivity contribution in [3.8, 4) is 11.5 Å². The van der Waals surface area contributed by atoms with Gasteiger partial charge in [0.2, 0.25) is 0 Å². The van der Waals surface area contributed by atoms with Crippen molar-refractivity contribution in [1.82, 2.24) is 4.98 Å². The number of hydrogen-bond acceptors (Lipinski definition) is 6. The zero-order valence-corrected chi connectivity index (χ0v) is 15.3. The molecule has 0 unspecified atom stereocenters. The van der Waals surface area contributed by atoms with Gasteiger partial charge in [-0.2, -0.15) is 0 Å². The van der Waals surface area contributed by atoms with Crippen LogP contribution in [0.4, 0.5) is 0 Å². The number of Topliss-reactive ketones (excluding diaryl/α,β-unsaturated/α-hetero) is 1. The van der Waals surface area contributed by atoms with Crippen LogP contribution in [-0.2, 0) is 4.74 Å². The summed E-state index contributed by atoms with van der Waals surface area (Å²) in [4.78, 5) is 28.7.